The molecule has 24 heavy (non-hydrogen) atoms. The molecule has 0 unspecified atom stereocenters. The summed E-state index contributed by atoms with van der Waals surface area (Å²) in [7, 11) is 0. The Kier molecular flexibility index (Phi) is 4.24. The average molecular weight is 353 g/mol. The van der Waals surface area contributed by atoms with Gasteiger partial charge in [0.25, 0.3) is 0 Å². The van der Waals surface area contributed by atoms with Crippen molar-refractivity contribution in [3.8, 4) is 0 Å². The highest BCUT2D eigenvalue weighted by atomic mass is 35.5. The molecule has 0 saturated heterocycles. The number of benzene rings is 2. The maximum atomic E-state index is 12.7. The van der Waals surface area contributed by atoms with Crippen LogP contribution in [0.25, 0.3) is 10.9 Å². The summed E-state index contributed by atoms with van der Waals surface area (Å²) in [6.07, 6.45) is -4.28. The van der Waals surface area contributed by atoms with Gasteiger partial charge in [-0.3, -0.25) is 4.79 Å². The third-order valence-corrected chi connectivity index (χ3v) is 3.74. The molecule has 0 spiro atoms. The van der Waals surface area contributed by atoms with Gasteiger partial charge in [0, 0.05) is 21.6 Å². The molecule has 0 fully saturated rings. The molecule has 1 heterocycles. The highest BCUT2D eigenvalue weighted by molar-refractivity contribution is 6.30. The molecular formula is C17H12ClF3N2O. The van der Waals surface area contributed by atoms with Crippen LogP contribution in [-0.2, 0) is 17.4 Å². The number of H-pyrrole nitrogens is 1. The third-order valence-electron chi connectivity index (χ3n) is 3.49. The van der Waals surface area contributed by atoms with Gasteiger partial charge in [-0.1, -0.05) is 23.7 Å². The number of hydrogen-bond donors (Lipinski definition) is 2. The van der Waals surface area contributed by atoms with Gasteiger partial charge in [-0.15, -0.1) is 0 Å². The SMILES string of the molecule is O=C(Cc1ccc(Cl)cc1)Nc1ccc2[nH]c(C(F)(F)F)cc2c1. The second kappa shape index (κ2) is 6.20. The molecule has 3 nitrogen and oxygen atoms in total. The number of aromatic nitrogens is 1. The summed E-state index contributed by atoms with van der Waals surface area (Å²) in [4.78, 5) is 14.3. The van der Waals surface area contributed by atoms with E-state index in [1.54, 1.807) is 30.3 Å². The molecule has 0 atom stereocenters. The van der Waals surface area contributed by atoms with Crippen LogP contribution in [0.3, 0.4) is 0 Å². The largest absolute Gasteiger partial charge is 0.431 e. The van der Waals surface area contributed by atoms with Crippen LogP contribution in [0.1, 0.15) is 11.3 Å². The second-order valence-corrected chi connectivity index (χ2v) is 5.77. The molecular weight excluding hydrogens is 341 g/mol. The fourth-order valence-electron chi connectivity index (χ4n) is 2.36. The van der Waals surface area contributed by atoms with E-state index in [0.29, 0.717) is 21.6 Å². The molecule has 0 bridgehead atoms. The lowest BCUT2D eigenvalue weighted by Crippen LogP contribution is -2.14. The number of anilines is 1. The van der Waals surface area contributed by atoms with Crippen LogP contribution >= 0.6 is 11.6 Å². The van der Waals surface area contributed by atoms with Crippen LogP contribution in [0, 0.1) is 0 Å². The fraction of sp³-hybridized carbons (Fsp3) is 0.118. The van der Waals surface area contributed by atoms with Crippen molar-refractivity contribution in [2.24, 2.45) is 0 Å². The summed E-state index contributed by atoms with van der Waals surface area (Å²) < 4.78 is 38.1. The number of fused-ring (bicyclic) bond motifs is 1. The third kappa shape index (κ3) is 3.71. The number of hydrogen-bond acceptors (Lipinski definition) is 1. The smallest absolute Gasteiger partial charge is 0.351 e. The lowest BCUT2D eigenvalue weighted by molar-refractivity contribution is -0.140. The molecule has 0 radical (unpaired) electrons. The number of amides is 1. The molecule has 2 N–H and O–H groups in total. The van der Waals surface area contributed by atoms with Crippen LogP contribution in [0.2, 0.25) is 5.02 Å². The van der Waals surface area contributed by atoms with Crippen LogP contribution < -0.4 is 5.32 Å². The Labute approximate surface area is 140 Å². The zero-order valence-electron chi connectivity index (χ0n) is 12.2. The Hall–Kier alpha value is -2.47. The maximum Gasteiger partial charge on any atom is 0.431 e. The quantitative estimate of drug-likeness (QED) is 0.683. The Bertz CT molecular complexity index is 885. The maximum absolute atomic E-state index is 12.7. The molecule has 2 aromatic carbocycles. The van der Waals surface area contributed by atoms with E-state index in [-0.39, 0.29) is 12.3 Å². The van der Waals surface area contributed by atoms with E-state index in [0.717, 1.165) is 11.6 Å². The van der Waals surface area contributed by atoms with E-state index < -0.39 is 11.9 Å². The van der Waals surface area contributed by atoms with Crippen LogP contribution in [0.15, 0.2) is 48.5 Å². The normalized spacial score (nSPS) is 11.7. The van der Waals surface area contributed by atoms with E-state index >= 15 is 0 Å². The highest BCUT2D eigenvalue weighted by Crippen LogP contribution is 2.31. The fourth-order valence-corrected chi connectivity index (χ4v) is 2.48. The molecule has 7 heteroatoms. The van der Waals surface area contributed by atoms with Crippen molar-refractivity contribution >= 4 is 34.1 Å². The number of aromatic amines is 1. The molecule has 3 aromatic rings. The number of rotatable bonds is 3. The Morgan fingerprint density at radius 3 is 2.46 bits per heavy atom. The average Bonchev–Trinajstić information content (AvgIpc) is 2.93. The van der Waals surface area contributed by atoms with Crippen LogP contribution in [-0.4, -0.2) is 10.9 Å². The number of carbonyl (C=O) groups is 1. The first-order valence-electron chi connectivity index (χ1n) is 7.05. The number of nitrogens with one attached hydrogen (secondary N) is 2. The second-order valence-electron chi connectivity index (χ2n) is 5.33. The number of halogens is 4. The monoisotopic (exact) mass is 352 g/mol. The molecule has 0 aliphatic heterocycles. The van der Waals surface area contributed by atoms with E-state index in [1.807, 2.05) is 0 Å². The van der Waals surface area contributed by atoms with Crippen LogP contribution in [0.5, 0.6) is 0 Å². The van der Waals surface area contributed by atoms with Crippen molar-refractivity contribution in [1.82, 2.24) is 4.98 Å². The van der Waals surface area contributed by atoms with Gasteiger partial charge in [0.1, 0.15) is 5.69 Å². The van der Waals surface area contributed by atoms with Crippen LogP contribution in [0.4, 0.5) is 18.9 Å². The molecule has 0 aliphatic rings. The summed E-state index contributed by atoms with van der Waals surface area (Å²) in [5, 5.41) is 3.64. The first-order valence-corrected chi connectivity index (χ1v) is 7.43. The van der Waals surface area contributed by atoms with E-state index in [4.69, 9.17) is 11.6 Å². The Balaban J connectivity index is 1.74. The van der Waals surface area contributed by atoms with Crippen molar-refractivity contribution in [2.75, 3.05) is 5.32 Å². The molecule has 0 saturated carbocycles. The Morgan fingerprint density at radius 2 is 1.79 bits per heavy atom. The first-order chi connectivity index (χ1) is 11.3. The van der Waals surface area contributed by atoms with Crippen molar-refractivity contribution < 1.29 is 18.0 Å². The Morgan fingerprint density at radius 1 is 1.08 bits per heavy atom. The predicted octanol–water partition coefficient (Wildman–Crippen LogP) is 5.02. The van der Waals surface area contributed by atoms with E-state index in [2.05, 4.69) is 10.3 Å². The minimum atomic E-state index is -4.43. The minimum Gasteiger partial charge on any atom is -0.351 e. The lowest BCUT2D eigenvalue weighted by Gasteiger charge is -2.05. The summed E-state index contributed by atoms with van der Waals surface area (Å²) in [6, 6.07) is 12.4. The zero-order valence-corrected chi connectivity index (χ0v) is 13.0. The summed E-state index contributed by atoms with van der Waals surface area (Å²) in [5.41, 5.74) is 0.772. The van der Waals surface area contributed by atoms with Gasteiger partial charge in [0.2, 0.25) is 5.91 Å². The van der Waals surface area contributed by atoms with Crippen molar-refractivity contribution in [2.45, 2.75) is 12.6 Å². The standard InChI is InChI=1S/C17H12ClF3N2O/c18-12-3-1-10(2-4-12)7-16(24)22-13-5-6-14-11(8-13)9-15(23-14)17(19,20)21/h1-6,8-9,23H,7H2,(H,22,24). The minimum absolute atomic E-state index is 0.149. The van der Waals surface area contributed by atoms with Gasteiger partial charge >= 0.3 is 6.18 Å². The van der Waals surface area contributed by atoms with E-state index in [1.165, 1.54) is 12.1 Å². The van der Waals surface area contributed by atoms with Gasteiger partial charge in [-0.25, -0.2) is 0 Å². The highest BCUT2D eigenvalue weighted by Gasteiger charge is 2.32. The topological polar surface area (TPSA) is 44.9 Å². The lowest BCUT2D eigenvalue weighted by atomic mass is 10.1. The summed E-state index contributed by atoms with van der Waals surface area (Å²) in [6.45, 7) is 0. The summed E-state index contributed by atoms with van der Waals surface area (Å²) in [5.74, 6) is -0.261. The molecule has 3 rings (SSSR count). The van der Waals surface area contributed by atoms with Crippen molar-refractivity contribution in [3.63, 3.8) is 0 Å². The van der Waals surface area contributed by atoms with Crippen molar-refractivity contribution in [3.05, 3.63) is 64.8 Å². The van der Waals surface area contributed by atoms with Gasteiger partial charge < -0.3 is 10.3 Å². The molecule has 1 aromatic heterocycles. The molecule has 0 aliphatic carbocycles. The summed E-state index contributed by atoms with van der Waals surface area (Å²) >= 11 is 5.78. The van der Waals surface area contributed by atoms with E-state index in [9.17, 15) is 18.0 Å². The zero-order chi connectivity index (χ0) is 17.3. The van der Waals surface area contributed by atoms with Gasteiger partial charge in [0.05, 0.1) is 6.42 Å². The molecule has 1 amide bonds. The van der Waals surface area contributed by atoms with Crippen molar-refractivity contribution in [1.29, 1.82) is 0 Å². The number of carbonyl (C=O) groups excluding carboxylic acids is 1. The molecule has 124 valence electrons. The van der Waals surface area contributed by atoms with Gasteiger partial charge in [-0.2, -0.15) is 13.2 Å². The predicted molar refractivity (Wildman–Crippen MR) is 87.1 cm³/mol. The van der Waals surface area contributed by atoms with Gasteiger partial charge in [-0.05, 0) is 42.0 Å². The van der Waals surface area contributed by atoms with Gasteiger partial charge in [0.15, 0.2) is 0 Å². The number of alkyl halides is 3. The first kappa shape index (κ1) is 16.4.